The van der Waals surface area contributed by atoms with Gasteiger partial charge in [0.25, 0.3) is 0 Å². The van der Waals surface area contributed by atoms with Crippen LogP contribution in [0.3, 0.4) is 0 Å². The van der Waals surface area contributed by atoms with E-state index < -0.39 is 0 Å². The lowest BCUT2D eigenvalue weighted by Crippen LogP contribution is -2.15. The third-order valence-corrected chi connectivity index (χ3v) is 1.81. The maximum atomic E-state index is 5.49. The molecule has 64 valence electrons. The maximum Gasteiger partial charge on any atom is 0.185 e. The highest BCUT2D eigenvalue weighted by Crippen LogP contribution is 2.06. The fourth-order valence-corrected chi connectivity index (χ4v) is 1.15. The second-order valence-corrected chi connectivity index (χ2v) is 3.28. The number of ether oxygens (including phenoxy) is 1. The van der Waals surface area contributed by atoms with Gasteiger partial charge in [0, 0.05) is 12.5 Å². The van der Waals surface area contributed by atoms with E-state index in [1.807, 2.05) is 0 Å². The third-order valence-electron chi connectivity index (χ3n) is 1.81. The van der Waals surface area contributed by atoms with Crippen molar-refractivity contribution < 1.29 is 4.74 Å². The van der Waals surface area contributed by atoms with E-state index in [-0.39, 0.29) is 0 Å². The number of hydrogen-bond acceptors (Lipinski definition) is 2. The van der Waals surface area contributed by atoms with E-state index in [1.54, 1.807) is 0 Å². The second kappa shape index (κ2) is 4.37. The Morgan fingerprint density at radius 1 is 1.27 bits per heavy atom. The topological polar surface area (TPSA) is 21.6 Å². The molecular formula is C9H17NO. The van der Waals surface area contributed by atoms with Crippen LogP contribution in [0.2, 0.25) is 0 Å². The fourth-order valence-electron chi connectivity index (χ4n) is 1.15. The minimum absolute atomic E-state index is 0.452. The largest absolute Gasteiger partial charge is 0.481 e. The summed E-state index contributed by atoms with van der Waals surface area (Å²) in [4.78, 5) is 4.38. The van der Waals surface area contributed by atoms with Crippen LogP contribution >= 0.6 is 0 Å². The SMILES string of the molecule is CC(C)/C1=N/CCCCCO1. The molecule has 1 aliphatic heterocycles. The molecule has 0 N–H and O–H groups in total. The first-order valence-electron chi connectivity index (χ1n) is 4.48. The average Bonchev–Trinajstić information content (AvgIpc) is 1.84. The van der Waals surface area contributed by atoms with E-state index in [9.17, 15) is 0 Å². The Kier molecular flexibility index (Phi) is 3.40. The van der Waals surface area contributed by atoms with Gasteiger partial charge >= 0.3 is 0 Å². The van der Waals surface area contributed by atoms with Gasteiger partial charge in [0.1, 0.15) is 0 Å². The van der Waals surface area contributed by atoms with Crippen molar-refractivity contribution in [2.24, 2.45) is 10.9 Å². The summed E-state index contributed by atoms with van der Waals surface area (Å²) in [7, 11) is 0. The standard InChI is InChI=1S/C9H17NO/c1-8(2)9-10-6-4-3-5-7-11-9/h8H,3-7H2,1-2H3/b10-9-. The summed E-state index contributed by atoms with van der Waals surface area (Å²) in [6.45, 7) is 6.06. The summed E-state index contributed by atoms with van der Waals surface area (Å²) in [5, 5.41) is 0. The zero-order chi connectivity index (χ0) is 8.10. The van der Waals surface area contributed by atoms with Crippen LogP contribution in [0, 0.1) is 5.92 Å². The number of nitrogens with zero attached hydrogens (tertiary/aromatic N) is 1. The van der Waals surface area contributed by atoms with Crippen LogP contribution in [0.25, 0.3) is 0 Å². The van der Waals surface area contributed by atoms with E-state index in [2.05, 4.69) is 18.8 Å². The van der Waals surface area contributed by atoms with Gasteiger partial charge in [0.2, 0.25) is 0 Å². The molecule has 0 radical (unpaired) electrons. The van der Waals surface area contributed by atoms with E-state index in [0.29, 0.717) is 5.92 Å². The molecule has 0 unspecified atom stereocenters. The quantitative estimate of drug-likeness (QED) is 0.569. The zero-order valence-electron chi connectivity index (χ0n) is 7.47. The fraction of sp³-hybridized carbons (Fsp3) is 0.889. The molecule has 0 fully saturated rings. The number of hydrogen-bond donors (Lipinski definition) is 0. The van der Waals surface area contributed by atoms with Crippen LogP contribution in [0.4, 0.5) is 0 Å². The molecular weight excluding hydrogens is 138 g/mol. The van der Waals surface area contributed by atoms with Crippen LogP contribution < -0.4 is 0 Å². The third kappa shape index (κ3) is 2.91. The smallest absolute Gasteiger partial charge is 0.185 e. The van der Waals surface area contributed by atoms with Gasteiger partial charge in [-0.05, 0) is 19.3 Å². The minimum atomic E-state index is 0.452. The molecule has 0 aromatic rings. The van der Waals surface area contributed by atoms with Crippen molar-refractivity contribution in [1.82, 2.24) is 0 Å². The lowest BCUT2D eigenvalue weighted by atomic mass is 10.2. The molecule has 1 aliphatic rings. The first-order chi connectivity index (χ1) is 5.30. The summed E-state index contributed by atoms with van der Waals surface area (Å²) in [5.41, 5.74) is 0. The van der Waals surface area contributed by atoms with Crippen LogP contribution in [0.5, 0.6) is 0 Å². The molecule has 0 aliphatic carbocycles. The van der Waals surface area contributed by atoms with Crippen LogP contribution in [-0.2, 0) is 4.74 Å². The molecule has 0 bridgehead atoms. The van der Waals surface area contributed by atoms with Crippen molar-refractivity contribution in [2.75, 3.05) is 13.2 Å². The Labute approximate surface area is 68.7 Å². The minimum Gasteiger partial charge on any atom is -0.481 e. The molecule has 0 spiro atoms. The summed E-state index contributed by atoms with van der Waals surface area (Å²) in [6, 6.07) is 0. The number of aliphatic imine (C=N–C) groups is 1. The first-order valence-corrected chi connectivity index (χ1v) is 4.48. The van der Waals surface area contributed by atoms with E-state index in [0.717, 1.165) is 19.0 Å². The summed E-state index contributed by atoms with van der Waals surface area (Å²) < 4.78 is 5.49. The van der Waals surface area contributed by atoms with Crippen LogP contribution in [0.1, 0.15) is 33.1 Å². The normalized spacial score (nSPS) is 24.8. The number of rotatable bonds is 1. The molecule has 11 heavy (non-hydrogen) atoms. The molecule has 1 heterocycles. The van der Waals surface area contributed by atoms with Crippen molar-refractivity contribution in [1.29, 1.82) is 0 Å². The predicted octanol–water partition coefficient (Wildman–Crippen LogP) is 2.24. The van der Waals surface area contributed by atoms with Gasteiger partial charge in [-0.15, -0.1) is 0 Å². The summed E-state index contributed by atoms with van der Waals surface area (Å²) in [6.07, 6.45) is 3.67. The Balaban J connectivity index is 2.45. The molecule has 0 saturated heterocycles. The van der Waals surface area contributed by atoms with E-state index in [1.165, 1.54) is 19.3 Å². The highest BCUT2D eigenvalue weighted by Gasteiger charge is 2.07. The zero-order valence-corrected chi connectivity index (χ0v) is 7.47. The van der Waals surface area contributed by atoms with Crippen molar-refractivity contribution in [2.45, 2.75) is 33.1 Å². The maximum absolute atomic E-state index is 5.49. The second-order valence-electron chi connectivity index (χ2n) is 3.28. The Morgan fingerprint density at radius 3 is 2.82 bits per heavy atom. The van der Waals surface area contributed by atoms with Crippen molar-refractivity contribution in [3.05, 3.63) is 0 Å². The molecule has 0 amide bonds. The summed E-state index contributed by atoms with van der Waals surface area (Å²) in [5.74, 6) is 1.40. The van der Waals surface area contributed by atoms with Gasteiger partial charge in [-0.3, -0.25) is 4.99 Å². The molecule has 0 aromatic carbocycles. The molecule has 1 rings (SSSR count). The Hall–Kier alpha value is -0.530. The highest BCUT2D eigenvalue weighted by molar-refractivity contribution is 5.78. The Morgan fingerprint density at radius 2 is 2.09 bits per heavy atom. The van der Waals surface area contributed by atoms with Gasteiger partial charge in [-0.2, -0.15) is 0 Å². The lowest BCUT2D eigenvalue weighted by Gasteiger charge is -2.14. The molecule has 0 atom stereocenters. The lowest BCUT2D eigenvalue weighted by molar-refractivity contribution is 0.268. The highest BCUT2D eigenvalue weighted by atomic mass is 16.5. The Bertz CT molecular complexity index is 140. The van der Waals surface area contributed by atoms with Gasteiger partial charge in [0.15, 0.2) is 5.90 Å². The van der Waals surface area contributed by atoms with E-state index in [4.69, 9.17) is 4.74 Å². The average molecular weight is 155 g/mol. The monoisotopic (exact) mass is 155 g/mol. The van der Waals surface area contributed by atoms with Crippen molar-refractivity contribution in [3.8, 4) is 0 Å². The van der Waals surface area contributed by atoms with Gasteiger partial charge < -0.3 is 4.74 Å². The molecule has 2 heteroatoms. The van der Waals surface area contributed by atoms with Crippen LogP contribution in [-0.4, -0.2) is 19.0 Å². The van der Waals surface area contributed by atoms with E-state index >= 15 is 0 Å². The molecule has 0 aromatic heterocycles. The first kappa shape index (κ1) is 8.57. The van der Waals surface area contributed by atoms with Crippen LogP contribution in [0.15, 0.2) is 4.99 Å². The van der Waals surface area contributed by atoms with Gasteiger partial charge in [0.05, 0.1) is 6.61 Å². The molecule has 2 nitrogen and oxygen atoms in total. The van der Waals surface area contributed by atoms with Gasteiger partial charge in [-0.1, -0.05) is 13.8 Å². The van der Waals surface area contributed by atoms with Crippen molar-refractivity contribution >= 4 is 5.90 Å². The molecule has 0 saturated carbocycles. The summed E-state index contributed by atoms with van der Waals surface area (Å²) >= 11 is 0. The van der Waals surface area contributed by atoms with Gasteiger partial charge in [-0.25, -0.2) is 0 Å². The van der Waals surface area contributed by atoms with Crippen molar-refractivity contribution in [3.63, 3.8) is 0 Å². The predicted molar refractivity (Wildman–Crippen MR) is 46.9 cm³/mol.